The monoisotopic (exact) mass is 215 g/mol. The summed E-state index contributed by atoms with van der Waals surface area (Å²) in [6.45, 7) is 0. The molecule has 3 rings (SSSR count). The largest absolute Gasteiger partial charge is 0.431 e. The molecule has 3 nitrogen and oxygen atoms in total. The summed E-state index contributed by atoms with van der Waals surface area (Å²) in [4.78, 5) is 4.17. The van der Waals surface area contributed by atoms with Crippen molar-refractivity contribution in [2.75, 3.05) is 0 Å². The van der Waals surface area contributed by atoms with Gasteiger partial charge in [0.1, 0.15) is 5.52 Å². The van der Waals surface area contributed by atoms with E-state index in [0.29, 0.717) is 5.58 Å². The van der Waals surface area contributed by atoms with Crippen molar-refractivity contribution in [3.63, 3.8) is 0 Å². The zero-order valence-electron chi connectivity index (χ0n) is 7.68. The normalized spacial score (nSPS) is 11.5. The lowest BCUT2D eigenvalue weighted by molar-refractivity contribution is 0.588. The van der Waals surface area contributed by atoms with Crippen molar-refractivity contribution < 1.29 is 8.98 Å². The molecule has 72 valence electrons. The minimum Gasteiger partial charge on any atom is -0.431 e. The van der Waals surface area contributed by atoms with Gasteiger partial charge in [-0.05, 0) is 11.5 Å². The Kier molecular flexibility index (Phi) is 1.79. The summed E-state index contributed by atoms with van der Waals surface area (Å²) in [6, 6.07) is 11.7. The summed E-state index contributed by atoms with van der Waals surface area (Å²) in [5.41, 5.74) is 1.67. The third kappa shape index (κ3) is 1.24. The van der Waals surface area contributed by atoms with E-state index in [1.54, 1.807) is 0 Å². The van der Waals surface area contributed by atoms with Crippen LogP contribution in [0, 0.1) is 0 Å². The molecule has 0 spiro atoms. The highest BCUT2D eigenvalue weighted by molar-refractivity contribution is 7.33. The van der Waals surface area contributed by atoms with Crippen molar-refractivity contribution in [2.24, 2.45) is 0 Å². The van der Waals surface area contributed by atoms with Crippen molar-refractivity contribution in [1.82, 2.24) is 4.98 Å². The fraction of sp³-hybridized carbons (Fsp3) is 0. The van der Waals surface area contributed by atoms with E-state index in [2.05, 4.69) is 4.98 Å². The number of hydrogen-bond donors (Lipinski definition) is 0. The molecule has 0 saturated heterocycles. The van der Waals surface area contributed by atoms with E-state index in [9.17, 15) is 4.57 Å². The lowest BCUT2D eigenvalue weighted by Gasteiger charge is -1.95. The summed E-state index contributed by atoms with van der Waals surface area (Å²) in [5.74, 6) is 0. The molecule has 0 atom stereocenters. The quantitative estimate of drug-likeness (QED) is 0.586. The predicted molar refractivity (Wildman–Crippen MR) is 58.8 cm³/mol. The van der Waals surface area contributed by atoms with Crippen LogP contribution in [-0.2, 0) is 4.57 Å². The number of oxazole rings is 1. The van der Waals surface area contributed by atoms with E-state index in [-0.39, 0.29) is 14.1 Å². The second-order valence-electron chi connectivity index (χ2n) is 3.22. The smallest absolute Gasteiger partial charge is 0.290 e. The highest BCUT2D eigenvalue weighted by atomic mass is 31.1. The topological polar surface area (TPSA) is 43.1 Å². The van der Waals surface area contributed by atoms with Crippen molar-refractivity contribution >= 4 is 36.0 Å². The van der Waals surface area contributed by atoms with E-state index in [1.165, 1.54) is 0 Å². The molecule has 2 aromatic carbocycles. The molecule has 0 N–H and O–H groups in total. The molecular formula is C11H6NO2P. The van der Waals surface area contributed by atoms with Crippen LogP contribution < -0.4 is 5.63 Å². The maximum atomic E-state index is 10.7. The molecule has 0 aliphatic rings. The van der Waals surface area contributed by atoms with E-state index in [1.807, 2.05) is 36.4 Å². The van der Waals surface area contributed by atoms with Crippen molar-refractivity contribution in [3.8, 4) is 0 Å². The average molecular weight is 215 g/mol. The number of fused-ring (bicyclic) bond motifs is 3. The van der Waals surface area contributed by atoms with E-state index < -0.39 is 0 Å². The predicted octanol–water partition coefficient (Wildman–Crippen LogP) is 2.90. The van der Waals surface area contributed by atoms with Crippen LogP contribution >= 0.6 is 8.46 Å². The Morgan fingerprint density at radius 2 is 2.00 bits per heavy atom. The summed E-state index contributed by atoms with van der Waals surface area (Å²) in [6.07, 6.45) is 0. The first-order valence-corrected chi connectivity index (χ1v) is 5.31. The SMILES string of the molecule is O=Pc1nc2c(ccc3ccccc32)o1. The van der Waals surface area contributed by atoms with Gasteiger partial charge in [0.25, 0.3) is 14.1 Å². The van der Waals surface area contributed by atoms with Crippen LogP contribution in [-0.4, -0.2) is 4.98 Å². The second kappa shape index (κ2) is 3.14. The maximum absolute atomic E-state index is 10.7. The first kappa shape index (κ1) is 8.57. The van der Waals surface area contributed by atoms with Gasteiger partial charge in [0.15, 0.2) is 5.58 Å². The molecular weight excluding hydrogens is 209 g/mol. The number of nitrogens with zero attached hydrogens (tertiary/aromatic N) is 1. The number of hydrogen-bond acceptors (Lipinski definition) is 3. The molecule has 0 bridgehead atoms. The standard InChI is InChI=1S/C11H6NO2P/c13-15-11-12-10-8-4-2-1-3-7(8)5-6-9(10)14-11/h1-6H. The van der Waals surface area contributed by atoms with Gasteiger partial charge in [-0.2, -0.15) is 0 Å². The summed E-state index contributed by atoms with van der Waals surface area (Å²) in [7, 11) is -0.184. The van der Waals surface area contributed by atoms with Gasteiger partial charge in [0.2, 0.25) is 0 Å². The summed E-state index contributed by atoms with van der Waals surface area (Å²) < 4.78 is 15.9. The van der Waals surface area contributed by atoms with Crippen molar-refractivity contribution in [2.45, 2.75) is 0 Å². The van der Waals surface area contributed by atoms with Gasteiger partial charge in [0.05, 0.1) is 0 Å². The van der Waals surface area contributed by atoms with Crippen LogP contribution in [0.2, 0.25) is 0 Å². The Hall–Kier alpha value is -1.73. The Morgan fingerprint density at radius 3 is 2.87 bits per heavy atom. The molecule has 3 aromatic rings. The zero-order valence-corrected chi connectivity index (χ0v) is 8.57. The van der Waals surface area contributed by atoms with Crippen LogP contribution in [0.5, 0.6) is 0 Å². The molecule has 0 amide bonds. The third-order valence-corrected chi connectivity index (χ3v) is 2.70. The first-order chi connectivity index (χ1) is 7.38. The Labute approximate surface area is 86.9 Å². The first-order valence-electron chi connectivity index (χ1n) is 4.50. The molecule has 1 aromatic heterocycles. The number of rotatable bonds is 1. The van der Waals surface area contributed by atoms with Crippen molar-refractivity contribution in [3.05, 3.63) is 36.4 Å². The molecule has 0 aliphatic heterocycles. The minimum absolute atomic E-state index is 0.184. The number of benzene rings is 2. The zero-order chi connectivity index (χ0) is 10.3. The van der Waals surface area contributed by atoms with Gasteiger partial charge < -0.3 is 4.42 Å². The Bertz CT molecular complexity index is 660. The molecule has 0 radical (unpaired) electrons. The molecule has 4 heteroatoms. The molecule has 0 fully saturated rings. The van der Waals surface area contributed by atoms with Gasteiger partial charge in [-0.3, -0.25) is 4.57 Å². The maximum Gasteiger partial charge on any atom is 0.290 e. The number of aromatic nitrogens is 1. The third-order valence-electron chi connectivity index (χ3n) is 2.35. The molecule has 0 unspecified atom stereocenters. The fourth-order valence-electron chi connectivity index (χ4n) is 1.69. The highest BCUT2D eigenvalue weighted by Crippen LogP contribution is 2.23. The molecule has 15 heavy (non-hydrogen) atoms. The molecule has 0 saturated carbocycles. The van der Waals surface area contributed by atoms with Gasteiger partial charge in [-0.1, -0.05) is 30.3 Å². The lowest BCUT2D eigenvalue weighted by Crippen LogP contribution is -1.87. The Morgan fingerprint density at radius 1 is 1.13 bits per heavy atom. The summed E-state index contributed by atoms with van der Waals surface area (Å²) >= 11 is 0. The average Bonchev–Trinajstić information content (AvgIpc) is 2.72. The van der Waals surface area contributed by atoms with E-state index in [4.69, 9.17) is 4.42 Å². The van der Waals surface area contributed by atoms with E-state index in [0.717, 1.165) is 16.3 Å². The minimum atomic E-state index is -0.184. The van der Waals surface area contributed by atoms with Crippen molar-refractivity contribution in [1.29, 1.82) is 0 Å². The second-order valence-corrected chi connectivity index (χ2v) is 3.79. The fourth-order valence-corrected chi connectivity index (χ4v) is 1.97. The van der Waals surface area contributed by atoms with Crippen LogP contribution in [0.3, 0.4) is 0 Å². The lowest BCUT2D eigenvalue weighted by atomic mass is 10.1. The van der Waals surface area contributed by atoms with Crippen LogP contribution in [0.25, 0.3) is 21.9 Å². The summed E-state index contributed by atoms with van der Waals surface area (Å²) in [5, 5.41) is 2.13. The van der Waals surface area contributed by atoms with Crippen LogP contribution in [0.4, 0.5) is 0 Å². The molecule has 1 heterocycles. The highest BCUT2D eigenvalue weighted by Gasteiger charge is 2.08. The Balaban J connectivity index is 2.52. The van der Waals surface area contributed by atoms with Crippen LogP contribution in [0.15, 0.2) is 40.8 Å². The van der Waals surface area contributed by atoms with Gasteiger partial charge in [-0.15, -0.1) is 0 Å². The van der Waals surface area contributed by atoms with Crippen LogP contribution in [0.1, 0.15) is 0 Å². The van der Waals surface area contributed by atoms with E-state index >= 15 is 0 Å². The van der Waals surface area contributed by atoms with Gasteiger partial charge in [-0.25, -0.2) is 4.98 Å². The molecule has 0 aliphatic carbocycles. The van der Waals surface area contributed by atoms with Gasteiger partial charge >= 0.3 is 0 Å². The van der Waals surface area contributed by atoms with Gasteiger partial charge in [0, 0.05) is 5.39 Å².